The SMILES string of the molecule is COC(=S)C1CNCCN1. The first-order chi connectivity index (χ1) is 4.84. The Kier molecular flexibility index (Phi) is 3.05. The Morgan fingerprint density at radius 1 is 1.60 bits per heavy atom. The summed E-state index contributed by atoms with van der Waals surface area (Å²) < 4.78 is 4.92. The Balaban J connectivity index is 2.31. The van der Waals surface area contributed by atoms with Crippen molar-refractivity contribution in [1.82, 2.24) is 10.6 Å². The molecule has 1 atom stereocenters. The minimum atomic E-state index is 0.216. The van der Waals surface area contributed by atoms with Gasteiger partial charge in [-0.3, -0.25) is 0 Å². The first-order valence-electron chi connectivity index (χ1n) is 3.36. The molecule has 1 aliphatic rings. The van der Waals surface area contributed by atoms with Crippen LogP contribution in [0.25, 0.3) is 0 Å². The van der Waals surface area contributed by atoms with Gasteiger partial charge in [-0.1, -0.05) is 0 Å². The summed E-state index contributed by atoms with van der Waals surface area (Å²) in [6.45, 7) is 2.86. The van der Waals surface area contributed by atoms with E-state index in [1.54, 1.807) is 7.11 Å². The Labute approximate surface area is 66.1 Å². The fraction of sp³-hybridized carbons (Fsp3) is 0.833. The third kappa shape index (κ3) is 1.90. The van der Waals surface area contributed by atoms with E-state index in [0.29, 0.717) is 5.05 Å². The molecule has 0 saturated carbocycles. The van der Waals surface area contributed by atoms with Gasteiger partial charge in [0.1, 0.15) is 0 Å². The maximum absolute atomic E-state index is 4.95. The molecule has 3 nitrogen and oxygen atoms in total. The largest absolute Gasteiger partial charge is 0.489 e. The van der Waals surface area contributed by atoms with Crippen LogP contribution >= 0.6 is 12.2 Å². The second-order valence-electron chi connectivity index (χ2n) is 2.23. The normalized spacial score (nSPS) is 25.9. The van der Waals surface area contributed by atoms with Crippen molar-refractivity contribution >= 4 is 17.3 Å². The molecule has 1 saturated heterocycles. The highest BCUT2D eigenvalue weighted by Gasteiger charge is 2.16. The van der Waals surface area contributed by atoms with Crippen LogP contribution < -0.4 is 10.6 Å². The van der Waals surface area contributed by atoms with Gasteiger partial charge < -0.3 is 15.4 Å². The lowest BCUT2D eigenvalue weighted by atomic mass is 10.2. The van der Waals surface area contributed by atoms with Gasteiger partial charge in [-0.2, -0.15) is 0 Å². The summed E-state index contributed by atoms with van der Waals surface area (Å²) in [6.07, 6.45) is 0. The third-order valence-electron chi connectivity index (χ3n) is 1.53. The van der Waals surface area contributed by atoms with Gasteiger partial charge in [0, 0.05) is 19.6 Å². The molecule has 10 heavy (non-hydrogen) atoms. The second kappa shape index (κ2) is 3.85. The first-order valence-corrected chi connectivity index (χ1v) is 3.77. The van der Waals surface area contributed by atoms with E-state index in [4.69, 9.17) is 17.0 Å². The van der Waals surface area contributed by atoms with E-state index < -0.39 is 0 Å². The van der Waals surface area contributed by atoms with Gasteiger partial charge in [-0.25, -0.2) is 0 Å². The summed E-state index contributed by atoms with van der Waals surface area (Å²) in [5.74, 6) is 0. The molecule has 1 aliphatic heterocycles. The van der Waals surface area contributed by atoms with Crippen LogP contribution in [0.5, 0.6) is 0 Å². The number of thiocarbonyl (C=S) groups is 1. The molecule has 1 heterocycles. The highest BCUT2D eigenvalue weighted by atomic mass is 32.1. The molecule has 1 unspecified atom stereocenters. The molecular weight excluding hydrogens is 148 g/mol. The number of piperazine rings is 1. The fourth-order valence-electron chi connectivity index (χ4n) is 0.962. The summed E-state index contributed by atoms with van der Waals surface area (Å²) in [5.41, 5.74) is 0. The zero-order chi connectivity index (χ0) is 7.40. The van der Waals surface area contributed by atoms with E-state index >= 15 is 0 Å². The lowest BCUT2D eigenvalue weighted by Gasteiger charge is -2.23. The van der Waals surface area contributed by atoms with E-state index in [2.05, 4.69) is 10.6 Å². The zero-order valence-electron chi connectivity index (χ0n) is 6.02. The average Bonchev–Trinajstić information content (AvgIpc) is 2.05. The molecule has 0 radical (unpaired) electrons. The Hall–Kier alpha value is -0.190. The standard InChI is InChI=1S/C6H12N2OS/c1-9-6(10)5-4-7-2-3-8-5/h5,7-8H,2-4H2,1H3. The highest BCUT2D eigenvalue weighted by Crippen LogP contribution is 1.91. The second-order valence-corrected chi connectivity index (χ2v) is 2.64. The summed E-state index contributed by atoms with van der Waals surface area (Å²) >= 11 is 4.95. The van der Waals surface area contributed by atoms with Crippen molar-refractivity contribution in [2.45, 2.75) is 6.04 Å². The van der Waals surface area contributed by atoms with Crippen molar-refractivity contribution in [3.63, 3.8) is 0 Å². The van der Waals surface area contributed by atoms with E-state index in [-0.39, 0.29) is 6.04 Å². The zero-order valence-corrected chi connectivity index (χ0v) is 6.83. The fourth-order valence-corrected chi connectivity index (χ4v) is 1.13. The molecule has 2 N–H and O–H groups in total. The van der Waals surface area contributed by atoms with E-state index in [1.807, 2.05) is 0 Å². The maximum atomic E-state index is 4.95. The topological polar surface area (TPSA) is 33.3 Å². The van der Waals surface area contributed by atoms with Gasteiger partial charge in [0.2, 0.25) is 0 Å². The van der Waals surface area contributed by atoms with Gasteiger partial charge in [-0.05, 0) is 12.2 Å². The van der Waals surface area contributed by atoms with Gasteiger partial charge in [0.15, 0.2) is 5.05 Å². The molecule has 0 aromatic rings. The van der Waals surface area contributed by atoms with Crippen molar-refractivity contribution in [3.8, 4) is 0 Å². The molecule has 0 bridgehead atoms. The molecular formula is C6H12N2OS. The molecule has 0 spiro atoms. The molecule has 0 amide bonds. The van der Waals surface area contributed by atoms with Gasteiger partial charge in [-0.15, -0.1) is 0 Å². The highest BCUT2D eigenvalue weighted by molar-refractivity contribution is 7.80. The summed E-state index contributed by atoms with van der Waals surface area (Å²) in [5, 5.41) is 7.11. The summed E-state index contributed by atoms with van der Waals surface area (Å²) in [4.78, 5) is 0. The number of nitrogens with one attached hydrogen (secondary N) is 2. The van der Waals surface area contributed by atoms with Crippen LogP contribution in [0.15, 0.2) is 0 Å². The van der Waals surface area contributed by atoms with E-state index in [1.165, 1.54) is 0 Å². The number of methoxy groups -OCH3 is 1. The lowest BCUT2D eigenvalue weighted by Crippen LogP contribution is -2.52. The van der Waals surface area contributed by atoms with Gasteiger partial charge in [0.25, 0.3) is 0 Å². The number of hydrogen-bond donors (Lipinski definition) is 2. The first kappa shape index (κ1) is 7.91. The average molecular weight is 160 g/mol. The van der Waals surface area contributed by atoms with E-state index in [9.17, 15) is 0 Å². The van der Waals surface area contributed by atoms with Crippen molar-refractivity contribution in [1.29, 1.82) is 0 Å². The Morgan fingerprint density at radius 2 is 2.40 bits per heavy atom. The monoisotopic (exact) mass is 160 g/mol. The van der Waals surface area contributed by atoms with Crippen LogP contribution in [-0.2, 0) is 4.74 Å². The van der Waals surface area contributed by atoms with Crippen molar-refractivity contribution in [3.05, 3.63) is 0 Å². The molecule has 1 rings (SSSR count). The maximum Gasteiger partial charge on any atom is 0.177 e. The summed E-state index contributed by atoms with van der Waals surface area (Å²) in [6, 6.07) is 0.216. The summed E-state index contributed by atoms with van der Waals surface area (Å²) in [7, 11) is 1.61. The van der Waals surface area contributed by atoms with Crippen molar-refractivity contribution in [2.24, 2.45) is 0 Å². The van der Waals surface area contributed by atoms with Crippen molar-refractivity contribution in [2.75, 3.05) is 26.7 Å². The number of rotatable bonds is 1. The van der Waals surface area contributed by atoms with Gasteiger partial charge >= 0.3 is 0 Å². The predicted octanol–water partition coefficient (Wildman–Crippen LogP) is -0.478. The smallest absolute Gasteiger partial charge is 0.177 e. The number of ether oxygens (including phenoxy) is 1. The molecule has 58 valence electrons. The van der Waals surface area contributed by atoms with Crippen LogP contribution in [0.4, 0.5) is 0 Å². The van der Waals surface area contributed by atoms with Crippen LogP contribution in [0.3, 0.4) is 0 Å². The Bertz CT molecular complexity index is 123. The molecule has 0 aromatic heterocycles. The number of hydrogen-bond acceptors (Lipinski definition) is 4. The van der Waals surface area contributed by atoms with Gasteiger partial charge in [0.05, 0.1) is 13.2 Å². The third-order valence-corrected chi connectivity index (χ3v) is 1.98. The molecule has 0 aromatic carbocycles. The van der Waals surface area contributed by atoms with E-state index in [0.717, 1.165) is 19.6 Å². The van der Waals surface area contributed by atoms with Crippen LogP contribution in [0, 0.1) is 0 Å². The van der Waals surface area contributed by atoms with Crippen LogP contribution in [-0.4, -0.2) is 37.8 Å². The quantitative estimate of drug-likeness (QED) is 0.508. The minimum absolute atomic E-state index is 0.216. The van der Waals surface area contributed by atoms with Crippen LogP contribution in [0.2, 0.25) is 0 Å². The lowest BCUT2D eigenvalue weighted by molar-refractivity contribution is 0.364. The van der Waals surface area contributed by atoms with Crippen molar-refractivity contribution < 1.29 is 4.74 Å². The Morgan fingerprint density at radius 3 is 2.90 bits per heavy atom. The van der Waals surface area contributed by atoms with Crippen LogP contribution in [0.1, 0.15) is 0 Å². The predicted molar refractivity (Wildman–Crippen MR) is 44.3 cm³/mol. The molecule has 4 heteroatoms. The molecule has 1 fully saturated rings. The molecule has 0 aliphatic carbocycles. The minimum Gasteiger partial charge on any atom is -0.489 e.